The molecule has 1 amide bonds. The normalized spacial score (nSPS) is 18.2. The molecule has 4 heteroatoms. The minimum atomic E-state index is 0.294. The standard InChI is InChI=1S/C17H22N2OS/c1-19(14-9-10-21-12-14)17(20)8-4-5-13-11-18-16-7-3-2-6-15(13)16/h2-3,6-7,11,14,18H,4-5,8-10,12H2,1H3. The molecule has 3 nitrogen and oxygen atoms in total. The van der Waals surface area contributed by atoms with Crippen LogP contribution in [0.3, 0.4) is 0 Å². The van der Waals surface area contributed by atoms with Gasteiger partial charge in [0.2, 0.25) is 5.91 Å². The van der Waals surface area contributed by atoms with Crippen molar-refractivity contribution in [3.63, 3.8) is 0 Å². The van der Waals surface area contributed by atoms with Gasteiger partial charge in [-0.15, -0.1) is 0 Å². The largest absolute Gasteiger partial charge is 0.361 e. The Morgan fingerprint density at radius 3 is 3.10 bits per heavy atom. The highest BCUT2D eigenvalue weighted by Crippen LogP contribution is 2.23. The van der Waals surface area contributed by atoms with Crippen molar-refractivity contribution in [1.82, 2.24) is 9.88 Å². The molecule has 1 fully saturated rings. The number of rotatable bonds is 5. The number of H-pyrrole nitrogens is 1. The molecule has 1 aliphatic heterocycles. The zero-order valence-corrected chi connectivity index (χ0v) is 13.3. The number of aromatic nitrogens is 1. The Labute approximate surface area is 130 Å². The number of para-hydroxylation sites is 1. The van der Waals surface area contributed by atoms with Gasteiger partial charge in [-0.25, -0.2) is 0 Å². The maximum atomic E-state index is 12.2. The number of aryl methyl sites for hydroxylation is 1. The number of fused-ring (bicyclic) bond motifs is 1. The maximum absolute atomic E-state index is 12.2. The third-order valence-electron chi connectivity index (χ3n) is 4.36. The molecule has 3 rings (SSSR count). The van der Waals surface area contributed by atoms with Crippen molar-refractivity contribution in [2.24, 2.45) is 0 Å². The summed E-state index contributed by atoms with van der Waals surface area (Å²) in [5, 5.41) is 1.28. The summed E-state index contributed by atoms with van der Waals surface area (Å²) < 4.78 is 0. The van der Waals surface area contributed by atoms with E-state index in [0.29, 0.717) is 18.4 Å². The van der Waals surface area contributed by atoms with Gasteiger partial charge in [0, 0.05) is 42.4 Å². The quantitative estimate of drug-likeness (QED) is 0.918. The molecule has 1 unspecified atom stereocenters. The van der Waals surface area contributed by atoms with E-state index in [1.165, 1.54) is 22.2 Å². The van der Waals surface area contributed by atoms with Crippen LogP contribution in [-0.2, 0) is 11.2 Å². The molecule has 21 heavy (non-hydrogen) atoms. The van der Waals surface area contributed by atoms with Gasteiger partial charge >= 0.3 is 0 Å². The Balaban J connectivity index is 1.52. The first-order chi connectivity index (χ1) is 10.3. The Morgan fingerprint density at radius 1 is 1.43 bits per heavy atom. The van der Waals surface area contributed by atoms with Crippen LogP contribution in [0.2, 0.25) is 0 Å². The first-order valence-corrected chi connectivity index (χ1v) is 8.79. The van der Waals surface area contributed by atoms with Gasteiger partial charge in [-0.1, -0.05) is 18.2 Å². The van der Waals surface area contributed by atoms with E-state index >= 15 is 0 Å². The number of thioether (sulfide) groups is 1. The Kier molecular flexibility index (Phi) is 4.54. The maximum Gasteiger partial charge on any atom is 0.222 e. The minimum Gasteiger partial charge on any atom is -0.361 e. The van der Waals surface area contributed by atoms with Gasteiger partial charge < -0.3 is 9.88 Å². The Hall–Kier alpha value is -1.42. The second-order valence-corrected chi connectivity index (χ2v) is 6.88. The molecule has 0 bridgehead atoms. The monoisotopic (exact) mass is 302 g/mol. The van der Waals surface area contributed by atoms with Crippen molar-refractivity contribution < 1.29 is 4.79 Å². The van der Waals surface area contributed by atoms with Crippen LogP contribution >= 0.6 is 11.8 Å². The summed E-state index contributed by atoms with van der Waals surface area (Å²) in [5.41, 5.74) is 2.50. The molecule has 0 spiro atoms. The molecular weight excluding hydrogens is 280 g/mol. The lowest BCUT2D eigenvalue weighted by molar-refractivity contribution is -0.131. The zero-order chi connectivity index (χ0) is 14.7. The highest BCUT2D eigenvalue weighted by molar-refractivity contribution is 7.99. The van der Waals surface area contributed by atoms with Gasteiger partial charge in [0.1, 0.15) is 0 Å². The minimum absolute atomic E-state index is 0.294. The van der Waals surface area contributed by atoms with Gasteiger partial charge in [-0.3, -0.25) is 4.79 Å². The van der Waals surface area contributed by atoms with Crippen LogP contribution in [0.15, 0.2) is 30.5 Å². The van der Waals surface area contributed by atoms with Gasteiger partial charge in [-0.05, 0) is 36.6 Å². The predicted molar refractivity (Wildman–Crippen MR) is 89.7 cm³/mol. The van der Waals surface area contributed by atoms with Gasteiger partial charge in [-0.2, -0.15) is 11.8 Å². The van der Waals surface area contributed by atoms with Crippen LogP contribution in [0.5, 0.6) is 0 Å². The second-order valence-electron chi connectivity index (χ2n) is 5.74. The highest BCUT2D eigenvalue weighted by Gasteiger charge is 2.23. The number of nitrogens with one attached hydrogen (secondary N) is 1. The number of aromatic amines is 1. The second kappa shape index (κ2) is 6.56. The van der Waals surface area contributed by atoms with E-state index < -0.39 is 0 Å². The molecule has 2 heterocycles. The molecule has 0 radical (unpaired) electrons. The number of carbonyl (C=O) groups is 1. The molecule has 112 valence electrons. The van der Waals surface area contributed by atoms with Crippen molar-refractivity contribution >= 4 is 28.6 Å². The molecule has 0 aliphatic carbocycles. The zero-order valence-electron chi connectivity index (χ0n) is 12.5. The van der Waals surface area contributed by atoms with Crippen LogP contribution in [0.4, 0.5) is 0 Å². The molecule has 1 aliphatic rings. The van der Waals surface area contributed by atoms with E-state index in [0.717, 1.165) is 25.0 Å². The van der Waals surface area contributed by atoms with E-state index in [1.807, 2.05) is 29.8 Å². The summed E-state index contributed by atoms with van der Waals surface area (Å²) in [5.74, 6) is 2.59. The van der Waals surface area contributed by atoms with Crippen LogP contribution in [-0.4, -0.2) is 40.4 Å². The van der Waals surface area contributed by atoms with E-state index in [1.54, 1.807) is 0 Å². The van der Waals surface area contributed by atoms with E-state index in [2.05, 4.69) is 29.4 Å². The van der Waals surface area contributed by atoms with Gasteiger partial charge in [0.15, 0.2) is 0 Å². The molecule has 1 aromatic carbocycles. The van der Waals surface area contributed by atoms with Gasteiger partial charge in [0.25, 0.3) is 0 Å². The SMILES string of the molecule is CN(C(=O)CCCc1c[nH]c2ccccc12)C1CCSC1. The number of nitrogens with zero attached hydrogens (tertiary/aromatic N) is 1. The summed E-state index contributed by atoms with van der Waals surface area (Å²) in [6.45, 7) is 0. The number of benzene rings is 1. The summed E-state index contributed by atoms with van der Waals surface area (Å²) in [6, 6.07) is 8.80. The summed E-state index contributed by atoms with van der Waals surface area (Å²) in [7, 11) is 1.96. The Morgan fingerprint density at radius 2 is 2.29 bits per heavy atom. The molecular formula is C17H22N2OS. The average molecular weight is 302 g/mol. The van der Waals surface area contributed by atoms with Crippen LogP contribution in [0.1, 0.15) is 24.8 Å². The van der Waals surface area contributed by atoms with E-state index in [9.17, 15) is 4.79 Å². The smallest absolute Gasteiger partial charge is 0.222 e. The third kappa shape index (κ3) is 3.26. The highest BCUT2D eigenvalue weighted by atomic mass is 32.2. The molecule has 1 N–H and O–H groups in total. The predicted octanol–water partition coefficient (Wildman–Crippen LogP) is 3.45. The van der Waals surface area contributed by atoms with Crippen molar-refractivity contribution in [3.05, 3.63) is 36.0 Å². The van der Waals surface area contributed by atoms with E-state index in [4.69, 9.17) is 0 Å². The lowest BCUT2D eigenvalue weighted by Crippen LogP contribution is -2.36. The van der Waals surface area contributed by atoms with E-state index in [-0.39, 0.29) is 0 Å². The van der Waals surface area contributed by atoms with Gasteiger partial charge in [0.05, 0.1) is 0 Å². The Bertz CT molecular complexity index is 616. The van der Waals surface area contributed by atoms with Crippen molar-refractivity contribution in [1.29, 1.82) is 0 Å². The van der Waals surface area contributed by atoms with Crippen molar-refractivity contribution in [2.75, 3.05) is 18.6 Å². The lowest BCUT2D eigenvalue weighted by atomic mass is 10.1. The first kappa shape index (κ1) is 14.5. The van der Waals surface area contributed by atoms with Crippen molar-refractivity contribution in [3.8, 4) is 0 Å². The van der Waals surface area contributed by atoms with Crippen LogP contribution in [0.25, 0.3) is 10.9 Å². The molecule has 2 aromatic rings. The molecule has 1 aromatic heterocycles. The molecule has 0 saturated carbocycles. The summed E-state index contributed by atoms with van der Waals surface area (Å²) in [4.78, 5) is 17.5. The number of carbonyl (C=O) groups excluding carboxylic acids is 1. The lowest BCUT2D eigenvalue weighted by Gasteiger charge is -2.23. The van der Waals surface area contributed by atoms with Crippen LogP contribution in [0, 0.1) is 0 Å². The fourth-order valence-electron chi connectivity index (χ4n) is 2.98. The third-order valence-corrected chi connectivity index (χ3v) is 5.50. The average Bonchev–Trinajstić information content (AvgIpc) is 3.16. The fourth-order valence-corrected chi connectivity index (χ4v) is 4.24. The number of amides is 1. The van der Waals surface area contributed by atoms with Crippen LogP contribution < -0.4 is 0 Å². The number of hydrogen-bond donors (Lipinski definition) is 1. The molecule has 1 atom stereocenters. The first-order valence-electron chi connectivity index (χ1n) is 7.64. The van der Waals surface area contributed by atoms with Crippen molar-refractivity contribution in [2.45, 2.75) is 31.7 Å². The number of hydrogen-bond acceptors (Lipinski definition) is 2. The summed E-state index contributed by atoms with van der Waals surface area (Å²) in [6.07, 6.45) is 5.76. The topological polar surface area (TPSA) is 36.1 Å². The fraction of sp³-hybridized carbons (Fsp3) is 0.471. The molecule has 1 saturated heterocycles. The summed E-state index contributed by atoms with van der Waals surface area (Å²) >= 11 is 1.95.